The van der Waals surface area contributed by atoms with Gasteiger partial charge in [0.15, 0.2) is 0 Å². The summed E-state index contributed by atoms with van der Waals surface area (Å²) in [4.78, 5) is 10.6. The SMILES string of the molecule is Cc1cc(Br)ccc1S(=O)(=O)N(C)CCC(=O)O. The summed E-state index contributed by atoms with van der Waals surface area (Å²) in [5.41, 5.74) is 0.617. The van der Waals surface area contributed by atoms with Gasteiger partial charge < -0.3 is 5.11 Å². The second kappa shape index (κ2) is 5.81. The van der Waals surface area contributed by atoms with Gasteiger partial charge >= 0.3 is 5.97 Å². The summed E-state index contributed by atoms with van der Waals surface area (Å²) in [7, 11) is -2.26. The maximum atomic E-state index is 12.2. The minimum atomic E-state index is -3.63. The van der Waals surface area contributed by atoms with Gasteiger partial charge in [-0.1, -0.05) is 15.9 Å². The van der Waals surface area contributed by atoms with E-state index in [1.54, 1.807) is 19.1 Å². The van der Waals surface area contributed by atoms with E-state index in [-0.39, 0.29) is 17.9 Å². The van der Waals surface area contributed by atoms with Crippen molar-refractivity contribution in [1.29, 1.82) is 0 Å². The molecule has 18 heavy (non-hydrogen) atoms. The molecule has 0 aliphatic rings. The number of carboxylic acid groups (broad SMARTS) is 1. The average molecular weight is 336 g/mol. The summed E-state index contributed by atoms with van der Waals surface area (Å²) < 4.78 is 26.2. The number of aryl methyl sites for hydroxylation is 1. The zero-order chi connectivity index (χ0) is 13.9. The van der Waals surface area contributed by atoms with Gasteiger partial charge in [-0.25, -0.2) is 12.7 Å². The Hall–Kier alpha value is -0.920. The highest BCUT2D eigenvalue weighted by Crippen LogP contribution is 2.22. The summed E-state index contributed by atoms with van der Waals surface area (Å²) in [5.74, 6) is -1.02. The molecular formula is C11H14BrNO4S. The highest BCUT2D eigenvalue weighted by atomic mass is 79.9. The van der Waals surface area contributed by atoms with E-state index < -0.39 is 16.0 Å². The standard InChI is InChI=1S/C11H14BrNO4S/c1-8-7-9(12)3-4-10(8)18(16,17)13(2)6-5-11(14)15/h3-4,7H,5-6H2,1-2H3,(H,14,15). The number of rotatable bonds is 5. The molecule has 0 amide bonds. The molecule has 1 rings (SSSR count). The van der Waals surface area contributed by atoms with Crippen molar-refractivity contribution in [3.8, 4) is 0 Å². The maximum absolute atomic E-state index is 12.2. The number of halogens is 1. The van der Waals surface area contributed by atoms with E-state index >= 15 is 0 Å². The smallest absolute Gasteiger partial charge is 0.304 e. The van der Waals surface area contributed by atoms with Crippen molar-refractivity contribution in [2.45, 2.75) is 18.2 Å². The van der Waals surface area contributed by atoms with Crippen LogP contribution in [-0.4, -0.2) is 37.4 Å². The summed E-state index contributed by atoms with van der Waals surface area (Å²) in [5, 5.41) is 8.56. The number of carbonyl (C=O) groups is 1. The van der Waals surface area contributed by atoms with Crippen LogP contribution in [0.15, 0.2) is 27.6 Å². The molecular weight excluding hydrogens is 322 g/mol. The number of carboxylic acids is 1. The molecule has 0 aromatic heterocycles. The first-order valence-corrected chi connectivity index (χ1v) is 7.42. The van der Waals surface area contributed by atoms with Crippen LogP contribution in [0.5, 0.6) is 0 Å². The second-order valence-electron chi connectivity index (χ2n) is 3.88. The van der Waals surface area contributed by atoms with Crippen LogP contribution in [0.2, 0.25) is 0 Å². The fourth-order valence-electron chi connectivity index (χ4n) is 1.44. The Labute approximate surface area is 115 Å². The van der Waals surface area contributed by atoms with E-state index in [0.717, 1.165) is 8.78 Å². The number of nitrogens with zero attached hydrogens (tertiary/aromatic N) is 1. The molecule has 0 atom stereocenters. The molecule has 0 unspecified atom stereocenters. The van der Waals surface area contributed by atoms with E-state index in [1.807, 2.05) is 0 Å². The van der Waals surface area contributed by atoms with Gasteiger partial charge in [0.2, 0.25) is 10.0 Å². The number of sulfonamides is 1. The summed E-state index contributed by atoms with van der Waals surface area (Å²) in [6.45, 7) is 1.65. The molecule has 0 aliphatic heterocycles. The van der Waals surface area contributed by atoms with Gasteiger partial charge in [0, 0.05) is 18.1 Å². The molecule has 5 nitrogen and oxygen atoms in total. The lowest BCUT2D eigenvalue weighted by atomic mass is 10.2. The van der Waals surface area contributed by atoms with Crippen molar-refractivity contribution in [1.82, 2.24) is 4.31 Å². The van der Waals surface area contributed by atoms with Gasteiger partial charge in [0.25, 0.3) is 0 Å². The van der Waals surface area contributed by atoms with Crippen molar-refractivity contribution in [2.75, 3.05) is 13.6 Å². The van der Waals surface area contributed by atoms with E-state index in [2.05, 4.69) is 15.9 Å². The zero-order valence-corrected chi connectivity index (χ0v) is 12.5. The Morgan fingerprint density at radius 1 is 1.44 bits per heavy atom. The van der Waals surface area contributed by atoms with Crippen LogP contribution in [-0.2, 0) is 14.8 Å². The minimum Gasteiger partial charge on any atom is -0.481 e. The van der Waals surface area contributed by atoms with E-state index in [9.17, 15) is 13.2 Å². The Balaban J connectivity index is 3.02. The fourth-order valence-corrected chi connectivity index (χ4v) is 3.29. The molecule has 0 spiro atoms. The predicted molar refractivity (Wildman–Crippen MR) is 70.9 cm³/mol. The zero-order valence-electron chi connectivity index (χ0n) is 10.1. The Kier molecular flexibility index (Phi) is 4.89. The van der Waals surface area contributed by atoms with Gasteiger partial charge in [-0.15, -0.1) is 0 Å². The molecule has 1 aromatic rings. The molecule has 1 aromatic carbocycles. The fraction of sp³-hybridized carbons (Fsp3) is 0.364. The Bertz CT molecular complexity index is 556. The van der Waals surface area contributed by atoms with E-state index in [1.165, 1.54) is 13.1 Å². The monoisotopic (exact) mass is 335 g/mol. The topological polar surface area (TPSA) is 74.7 Å². The summed E-state index contributed by atoms with van der Waals surface area (Å²) in [6, 6.07) is 4.86. The van der Waals surface area contributed by atoms with Crippen LogP contribution >= 0.6 is 15.9 Å². The largest absolute Gasteiger partial charge is 0.481 e. The van der Waals surface area contributed by atoms with Crippen LogP contribution < -0.4 is 0 Å². The number of hydrogen-bond donors (Lipinski definition) is 1. The van der Waals surface area contributed by atoms with Crippen LogP contribution in [0.25, 0.3) is 0 Å². The lowest BCUT2D eigenvalue weighted by Gasteiger charge is -2.17. The maximum Gasteiger partial charge on any atom is 0.304 e. The number of aliphatic carboxylic acids is 1. The first kappa shape index (κ1) is 15.1. The Morgan fingerprint density at radius 2 is 2.06 bits per heavy atom. The van der Waals surface area contributed by atoms with Gasteiger partial charge in [-0.05, 0) is 30.7 Å². The van der Waals surface area contributed by atoms with Crippen LogP contribution in [0.3, 0.4) is 0 Å². The molecule has 0 radical (unpaired) electrons. The summed E-state index contributed by atoms with van der Waals surface area (Å²) >= 11 is 3.26. The minimum absolute atomic E-state index is 0.0484. The van der Waals surface area contributed by atoms with Gasteiger partial charge in [-0.2, -0.15) is 0 Å². The van der Waals surface area contributed by atoms with Gasteiger partial charge in [0.1, 0.15) is 0 Å². The summed E-state index contributed by atoms with van der Waals surface area (Å²) in [6.07, 6.45) is -0.217. The number of benzene rings is 1. The van der Waals surface area contributed by atoms with Crippen molar-refractivity contribution in [2.24, 2.45) is 0 Å². The van der Waals surface area contributed by atoms with Gasteiger partial charge in [0.05, 0.1) is 11.3 Å². The predicted octanol–water partition coefficient (Wildman–Crippen LogP) is 1.85. The molecule has 0 fully saturated rings. The quantitative estimate of drug-likeness (QED) is 0.891. The number of hydrogen-bond acceptors (Lipinski definition) is 3. The third kappa shape index (κ3) is 3.54. The van der Waals surface area contributed by atoms with E-state index in [4.69, 9.17) is 5.11 Å². The van der Waals surface area contributed by atoms with Gasteiger partial charge in [-0.3, -0.25) is 4.79 Å². The third-order valence-electron chi connectivity index (χ3n) is 2.47. The first-order valence-electron chi connectivity index (χ1n) is 5.19. The average Bonchev–Trinajstić information content (AvgIpc) is 2.24. The highest BCUT2D eigenvalue weighted by molar-refractivity contribution is 9.10. The molecule has 0 heterocycles. The lowest BCUT2D eigenvalue weighted by Crippen LogP contribution is -2.29. The highest BCUT2D eigenvalue weighted by Gasteiger charge is 2.22. The van der Waals surface area contributed by atoms with Crippen molar-refractivity contribution in [3.05, 3.63) is 28.2 Å². The van der Waals surface area contributed by atoms with Crippen LogP contribution in [0.4, 0.5) is 0 Å². The van der Waals surface area contributed by atoms with Crippen LogP contribution in [0, 0.1) is 6.92 Å². The van der Waals surface area contributed by atoms with E-state index in [0.29, 0.717) is 5.56 Å². The van der Waals surface area contributed by atoms with Crippen LogP contribution in [0.1, 0.15) is 12.0 Å². The normalized spacial score (nSPS) is 11.8. The molecule has 7 heteroatoms. The second-order valence-corrected chi connectivity index (χ2v) is 6.81. The lowest BCUT2D eigenvalue weighted by molar-refractivity contribution is -0.137. The molecule has 100 valence electrons. The molecule has 0 saturated heterocycles. The molecule has 1 N–H and O–H groups in total. The van der Waals surface area contributed by atoms with Crippen molar-refractivity contribution >= 4 is 31.9 Å². The third-order valence-corrected chi connectivity index (χ3v) is 4.98. The molecule has 0 saturated carbocycles. The Morgan fingerprint density at radius 3 is 2.56 bits per heavy atom. The first-order chi connectivity index (χ1) is 8.25. The molecule has 0 bridgehead atoms. The van der Waals surface area contributed by atoms with Crippen molar-refractivity contribution < 1.29 is 18.3 Å². The van der Waals surface area contributed by atoms with Crippen molar-refractivity contribution in [3.63, 3.8) is 0 Å². The molecule has 0 aliphatic carbocycles.